The fourth-order valence-corrected chi connectivity index (χ4v) is 2.20. The lowest BCUT2D eigenvalue weighted by molar-refractivity contribution is 0.692. The van der Waals surface area contributed by atoms with Crippen molar-refractivity contribution in [2.45, 2.75) is 32.2 Å². The Kier molecular flexibility index (Phi) is 2.27. The third-order valence-corrected chi connectivity index (χ3v) is 3.17. The lowest BCUT2D eigenvalue weighted by atomic mass is 10.2. The van der Waals surface area contributed by atoms with Crippen LogP contribution in [0.2, 0.25) is 0 Å². The lowest BCUT2D eigenvalue weighted by Crippen LogP contribution is -2.06. The summed E-state index contributed by atoms with van der Waals surface area (Å²) < 4.78 is 1.78. The minimum absolute atomic E-state index is 0.637. The molecule has 0 saturated heterocycles. The summed E-state index contributed by atoms with van der Waals surface area (Å²) >= 11 is 0. The van der Waals surface area contributed by atoms with Gasteiger partial charge in [0.2, 0.25) is 0 Å². The zero-order valence-corrected chi connectivity index (χ0v) is 9.43. The molecular weight excluding hydrogens is 200 g/mol. The molecule has 4 nitrogen and oxygen atoms in total. The molecule has 1 aliphatic rings. The molecule has 0 amide bonds. The van der Waals surface area contributed by atoms with E-state index in [2.05, 4.69) is 22.3 Å². The van der Waals surface area contributed by atoms with E-state index in [-0.39, 0.29) is 0 Å². The number of hydrogen-bond acceptors (Lipinski definition) is 3. The van der Waals surface area contributed by atoms with Crippen molar-refractivity contribution in [2.24, 2.45) is 5.92 Å². The molecule has 0 aromatic carbocycles. The highest BCUT2D eigenvalue weighted by atomic mass is 15.2. The average molecular weight is 216 g/mol. The highest BCUT2D eigenvalue weighted by molar-refractivity contribution is 5.46. The van der Waals surface area contributed by atoms with Crippen LogP contribution in [0.3, 0.4) is 0 Å². The molecule has 3 rings (SSSR count). The molecule has 1 fully saturated rings. The Bertz CT molecular complexity index is 490. The third-order valence-electron chi connectivity index (χ3n) is 3.17. The number of hydrogen-bond donors (Lipinski definition) is 1. The molecule has 1 saturated carbocycles. The highest BCUT2D eigenvalue weighted by Gasteiger charge is 2.36. The molecule has 0 spiro atoms. The van der Waals surface area contributed by atoms with Gasteiger partial charge >= 0.3 is 0 Å². The monoisotopic (exact) mass is 216 g/mol. The van der Waals surface area contributed by atoms with Crippen molar-refractivity contribution in [1.82, 2.24) is 14.6 Å². The van der Waals surface area contributed by atoms with Crippen molar-refractivity contribution in [1.29, 1.82) is 0 Å². The van der Waals surface area contributed by atoms with Gasteiger partial charge in [0.15, 0.2) is 5.65 Å². The number of nitrogens with zero attached hydrogens (tertiary/aromatic N) is 3. The lowest BCUT2D eigenvalue weighted by Gasteiger charge is -2.04. The van der Waals surface area contributed by atoms with E-state index in [1.54, 1.807) is 10.7 Å². The molecule has 4 heteroatoms. The first-order chi connectivity index (χ1) is 7.86. The number of nitrogens with one attached hydrogen (secondary N) is 1. The minimum Gasteiger partial charge on any atom is -0.367 e. The number of fused-ring (bicyclic) bond motifs is 1. The smallest absolute Gasteiger partial charge is 0.157 e. The van der Waals surface area contributed by atoms with E-state index in [9.17, 15) is 0 Å². The summed E-state index contributed by atoms with van der Waals surface area (Å²) in [4.78, 5) is 4.50. The second-order valence-corrected chi connectivity index (χ2v) is 4.48. The zero-order chi connectivity index (χ0) is 11.0. The van der Waals surface area contributed by atoms with Crippen LogP contribution in [0.1, 0.15) is 26.2 Å². The minimum atomic E-state index is 0.637. The van der Waals surface area contributed by atoms with Gasteiger partial charge in [-0.1, -0.05) is 13.3 Å². The van der Waals surface area contributed by atoms with Gasteiger partial charge in [-0.3, -0.25) is 0 Å². The van der Waals surface area contributed by atoms with Gasteiger partial charge in [-0.25, -0.2) is 9.50 Å². The van der Waals surface area contributed by atoms with Gasteiger partial charge in [-0.15, -0.1) is 0 Å². The van der Waals surface area contributed by atoms with Gasteiger partial charge in [0.25, 0.3) is 0 Å². The quantitative estimate of drug-likeness (QED) is 0.853. The third kappa shape index (κ3) is 1.75. The molecule has 2 aromatic heterocycles. The molecule has 0 bridgehead atoms. The van der Waals surface area contributed by atoms with E-state index in [4.69, 9.17) is 0 Å². The summed E-state index contributed by atoms with van der Waals surface area (Å²) in [5.41, 5.74) is 0.901. The van der Waals surface area contributed by atoms with Crippen molar-refractivity contribution < 1.29 is 0 Å². The Morgan fingerprint density at radius 3 is 3.31 bits per heavy atom. The first-order valence-corrected chi connectivity index (χ1v) is 5.94. The van der Waals surface area contributed by atoms with Gasteiger partial charge in [0, 0.05) is 18.3 Å². The molecule has 0 radical (unpaired) electrons. The van der Waals surface area contributed by atoms with Gasteiger partial charge in [0.1, 0.15) is 5.82 Å². The SMILES string of the molecule is CCCC1CC1Nc1ccn2nccc2n1. The normalized spacial score (nSPS) is 23.6. The van der Waals surface area contributed by atoms with E-state index >= 15 is 0 Å². The molecule has 1 aliphatic carbocycles. The average Bonchev–Trinajstić information content (AvgIpc) is 2.85. The van der Waals surface area contributed by atoms with Crippen LogP contribution >= 0.6 is 0 Å². The predicted molar refractivity (Wildman–Crippen MR) is 63.4 cm³/mol. The Morgan fingerprint density at radius 1 is 1.50 bits per heavy atom. The summed E-state index contributed by atoms with van der Waals surface area (Å²) in [6, 6.07) is 4.54. The van der Waals surface area contributed by atoms with Crippen molar-refractivity contribution in [2.75, 3.05) is 5.32 Å². The fraction of sp³-hybridized carbons (Fsp3) is 0.500. The van der Waals surface area contributed by atoms with Crippen LogP contribution in [0.25, 0.3) is 5.65 Å². The summed E-state index contributed by atoms with van der Waals surface area (Å²) in [5.74, 6) is 1.82. The van der Waals surface area contributed by atoms with Gasteiger partial charge in [0.05, 0.1) is 6.20 Å². The van der Waals surface area contributed by atoms with E-state index in [1.165, 1.54) is 19.3 Å². The maximum atomic E-state index is 4.50. The van der Waals surface area contributed by atoms with E-state index < -0.39 is 0 Å². The number of aromatic nitrogens is 3. The molecule has 0 aliphatic heterocycles. The van der Waals surface area contributed by atoms with Crippen molar-refractivity contribution in [3.8, 4) is 0 Å². The maximum absolute atomic E-state index is 4.50. The van der Waals surface area contributed by atoms with Crippen LogP contribution < -0.4 is 5.32 Å². The van der Waals surface area contributed by atoms with Crippen LogP contribution in [0.4, 0.5) is 5.82 Å². The first-order valence-electron chi connectivity index (χ1n) is 5.94. The van der Waals surface area contributed by atoms with Crippen LogP contribution in [-0.4, -0.2) is 20.6 Å². The zero-order valence-electron chi connectivity index (χ0n) is 9.43. The van der Waals surface area contributed by atoms with Crippen LogP contribution in [-0.2, 0) is 0 Å². The van der Waals surface area contributed by atoms with Crippen LogP contribution in [0.5, 0.6) is 0 Å². The second kappa shape index (κ2) is 3.77. The Balaban J connectivity index is 1.70. The van der Waals surface area contributed by atoms with Gasteiger partial charge in [-0.05, 0) is 24.8 Å². The molecule has 2 atom stereocenters. The van der Waals surface area contributed by atoms with E-state index in [1.807, 2.05) is 18.3 Å². The van der Waals surface area contributed by atoms with E-state index in [0.29, 0.717) is 6.04 Å². The highest BCUT2D eigenvalue weighted by Crippen LogP contribution is 2.36. The molecule has 84 valence electrons. The van der Waals surface area contributed by atoms with Crippen LogP contribution in [0, 0.1) is 5.92 Å². The van der Waals surface area contributed by atoms with Crippen molar-refractivity contribution >= 4 is 11.5 Å². The molecule has 16 heavy (non-hydrogen) atoms. The topological polar surface area (TPSA) is 42.2 Å². The molecular formula is C12H16N4. The van der Waals surface area contributed by atoms with Crippen molar-refractivity contribution in [3.63, 3.8) is 0 Å². The largest absolute Gasteiger partial charge is 0.367 e. The first kappa shape index (κ1) is 9.63. The molecule has 1 N–H and O–H groups in total. The molecule has 2 unspecified atom stereocenters. The summed E-state index contributed by atoms with van der Waals surface area (Å²) in [6.45, 7) is 2.24. The predicted octanol–water partition coefficient (Wildman–Crippen LogP) is 2.33. The fourth-order valence-electron chi connectivity index (χ4n) is 2.20. The summed E-state index contributed by atoms with van der Waals surface area (Å²) in [5, 5.41) is 7.61. The summed E-state index contributed by atoms with van der Waals surface area (Å²) in [6.07, 6.45) is 7.61. The van der Waals surface area contributed by atoms with Gasteiger partial charge in [-0.2, -0.15) is 5.10 Å². The standard InChI is InChI=1S/C12H16N4/c1-2-3-9-8-10(9)14-11-5-7-16-12(15-11)4-6-13-16/h4-7,9-10H,2-3,8H2,1H3,(H,14,15). The van der Waals surface area contributed by atoms with Crippen molar-refractivity contribution in [3.05, 3.63) is 24.5 Å². The van der Waals surface area contributed by atoms with E-state index in [0.717, 1.165) is 17.4 Å². The second-order valence-electron chi connectivity index (χ2n) is 4.48. The van der Waals surface area contributed by atoms with Gasteiger partial charge < -0.3 is 5.32 Å². The van der Waals surface area contributed by atoms with Crippen LogP contribution in [0.15, 0.2) is 24.5 Å². The maximum Gasteiger partial charge on any atom is 0.157 e. The Morgan fingerprint density at radius 2 is 2.44 bits per heavy atom. The summed E-state index contributed by atoms with van der Waals surface area (Å²) in [7, 11) is 0. The number of anilines is 1. The molecule has 2 aromatic rings. The number of rotatable bonds is 4. The Labute approximate surface area is 94.7 Å². The Hall–Kier alpha value is -1.58. The molecule has 2 heterocycles.